The van der Waals surface area contributed by atoms with Crippen molar-refractivity contribution in [3.05, 3.63) is 40.0 Å². The van der Waals surface area contributed by atoms with Crippen LogP contribution in [-0.4, -0.2) is 16.2 Å². The van der Waals surface area contributed by atoms with E-state index in [9.17, 15) is 0 Å². The fraction of sp³-hybridized carbons (Fsp3) is 0.429. The molecule has 0 bridgehead atoms. The number of benzene rings is 1. The van der Waals surface area contributed by atoms with Gasteiger partial charge in [-0.25, -0.2) is 0 Å². The van der Waals surface area contributed by atoms with Crippen LogP contribution in [0.4, 0.5) is 0 Å². The molecule has 6 heteroatoms. The topological polar surface area (TPSA) is 60.2 Å². The Morgan fingerprint density at radius 1 is 1.35 bits per heavy atom. The second kappa shape index (κ2) is 6.85. The monoisotopic (exact) mass is 339 g/mol. The van der Waals surface area contributed by atoms with Crippen LogP contribution in [-0.2, 0) is 13.2 Å². The zero-order valence-electron chi connectivity index (χ0n) is 11.8. The SMILES string of the molecule is Cc1nnc(COc2c(Br)cccc2CNC(C)C)o1. The molecule has 108 valence electrons. The molecule has 1 aromatic carbocycles. The fourth-order valence-corrected chi connectivity index (χ4v) is 2.22. The Balaban J connectivity index is 2.08. The summed E-state index contributed by atoms with van der Waals surface area (Å²) in [5.74, 6) is 1.81. The van der Waals surface area contributed by atoms with Gasteiger partial charge in [-0.1, -0.05) is 26.0 Å². The molecule has 0 aliphatic rings. The normalized spacial score (nSPS) is 11.1. The average Bonchev–Trinajstić information content (AvgIpc) is 2.81. The van der Waals surface area contributed by atoms with Crippen LogP contribution in [0.15, 0.2) is 27.1 Å². The Bertz CT molecular complexity index is 569. The first-order chi connectivity index (χ1) is 9.56. The molecule has 20 heavy (non-hydrogen) atoms. The number of aryl methyl sites for hydroxylation is 1. The number of hydrogen-bond acceptors (Lipinski definition) is 5. The van der Waals surface area contributed by atoms with Gasteiger partial charge in [-0.15, -0.1) is 10.2 Å². The number of para-hydroxylation sites is 1. The van der Waals surface area contributed by atoms with Crippen LogP contribution in [0, 0.1) is 6.92 Å². The maximum absolute atomic E-state index is 5.82. The van der Waals surface area contributed by atoms with Crippen LogP contribution in [0.3, 0.4) is 0 Å². The highest BCUT2D eigenvalue weighted by atomic mass is 79.9. The Labute approximate surface area is 126 Å². The molecule has 2 aromatic rings. The third-order valence-corrected chi connectivity index (χ3v) is 3.28. The summed E-state index contributed by atoms with van der Waals surface area (Å²) in [5, 5.41) is 11.1. The molecule has 0 aliphatic heterocycles. The molecule has 0 amide bonds. The number of halogens is 1. The number of rotatable bonds is 6. The minimum atomic E-state index is 0.262. The number of ether oxygens (including phenoxy) is 1. The van der Waals surface area contributed by atoms with E-state index < -0.39 is 0 Å². The third kappa shape index (κ3) is 4.05. The molecule has 0 aliphatic carbocycles. The van der Waals surface area contributed by atoms with E-state index in [0.29, 0.717) is 17.8 Å². The van der Waals surface area contributed by atoms with E-state index in [4.69, 9.17) is 9.15 Å². The van der Waals surface area contributed by atoms with Gasteiger partial charge in [0, 0.05) is 25.1 Å². The van der Waals surface area contributed by atoms with Crippen molar-refractivity contribution in [2.24, 2.45) is 0 Å². The van der Waals surface area contributed by atoms with Crippen molar-refractivity contribution in [1.29, 1.82) is 0 Å². The highest BCUT2D eigenvalue weighted by Gasteiger charge is 2.11. The standard InChI is InChI=1S/C14H18BrN3O2/c1-9(2)16-7-11-5-4-6-12(15)14(11)19-8-13-18-17-10(3)20-13/h4-6,9,16H,7-8H2,1-3H3. The van der Waals surface area contributed by atoms with Crippen LogP contribution in [0.2, 0.25) is 0 Å². The highest BCUT2D eigenvalue weighted by molar-refractivity contribution is 9.10. The highest BCUT2D eigenvalue weighted by Crippen LogP contribution is 2.29. The van der Waals surface area contributed by atoms with Crippen molar-refractivity contribution >= 4 is 15.9 Å². The second-order valence-corrected chi connectivity index (χ2v) is 5.62. The summed E-state index contributed by atoms with van der Waals surface area (Å²) < 4.78 is 12.0. The van der Waals surface area contributed by atoms with Crippen LogP contribution < -0.4 is 10.1 Å². The summed E-state index contributed by atoms with van der Waals surface area (Å²) in [6.45, 7) is 6.99. The van der Waals surface area contributed by atoms with Crippen molar-refractivity contribution in [3.8, 4) is 5.75 Å². The summed E-state index contributed by atoms with van der Waals surface area (Å²) in [4.78, 5) is 0. The molecule has 1 aromatic heterocycles. The summed E-state index contributed by atoms with van der Waals surface area (Å²) in [5.41, 5.74) is 1.09. The zero-order valence-corrected chi connectivity index (χ0v) is 13.4. The van der Waals surface area contributed by atoms with E-state index in [1.165, 1.54) is 0 Å². The van der Waals surface area contributed by atoms with Crippen LogP contribution in [0.5, 0.6) is 5.75 Å². The first-order valence-corrected chi connectivity index (χ1v) is 7.28. The van der Waals surface area contributed by atoms with Gasteiger partial charge in [0.05, 0.1) is 4.47 Å². The van der Waals surface area contributed by atoms with Crippen molar-refractivity contribution in [2.45, 2.75) is 40.0 Å². The largest absolute Gasteiger partial charge is 0.482 e. The fourth-order valence-electron chi connectivity index (χ4n) is 1.70. The van der Waals surface area contributed by atoms with Crippen molar-refractivity contribution in [1.82, 2.24) is 15.5 Å². The van der Waals surface area contributed by atoms with Crippen LogP contribution in [0.25, 0.3) is 0 Å². The summed E-state index contributed by atoms with van der Waals surface area (Å²) in [6, 6.07) is 6.40. The van der Waals surface area contributed by atoms with Gasteiger partial charge in [-0.2, -0.15) is 0 Å². The molecule has 0 saturated carbocycles. The van der Waals surface area contributed by atoms with E-state index in [2.05, 4.69) is 45.3 Å². The Hall–Kier alpha value is -1.40. The predicted molar refractivity (Wildman–Crippen MR) is 79.5 cm³/mol. The molecule has 5 nitrogen and oxygen atoms in total. The number of nitrogens with zero attached hydrogens (tertiary/aromatic N) is 2. The molecule has 1 N–H and O–H groups in total. The molecule has 2 rings (SSSR count). The Morgan fingerprint density at radius 2 is 2.15 bits per heavy atom. The molecule has 0 unspecified atom stereocenters. The van der Waals surface area contributed by atoms with Gasteiger partial charge in [0.15, 0.2) is 6.61 Å². The molecule has 0 atom stereocenters. The van der Waals surface area contributed by atoms with E-state index in [-0.39, 0.29) is 6.61 Å². The first-order valence-electron chi connectivity index (χ1n) is 6.49. The molecular formula is C14H18BrN3O2. The maximum Gasteiger partial charge on any atom is 0.253 e. The minimum absolute atomic E-state index is 0.262. The zero-order chi connectivity index (χ0) is 14.5. The predicted octanol–water partition coefficient (Wildman–Crippen LogP) is 3.22. The van der Waals surface area contributed by atoms with Gasteiger partial charge in [0.1, 0.15) is 5.75 Å². The summed E-state index contributed by atoms with van der Waals surface area (Å²) >= 11 is 3.51. The minimum Gasteiger partial charge on any atom is -0.482 e. The van der Waals surface area contributed by atoms with Gasteiger partial charge < -0.3 is 14.5 Å². The summed E-state index contributed by atoms with van der Waals surface area (Å²) in [6.07, 6.45) is 0. The lowest BCUT2D eigenvalue weighted by atomic mass is 10.2. The van der Waals surface area contributed by atoms with Crippen molar-refractivity contribution in [2.75, 3.05) is 0 Å². The lowest BCUT2D eigenvalue weighted by Crippen LogP contribution is -2.22. The first kappa shape index (κ1) is 15.0. The number of nitrogens with one attached hydrogen (secondary N) is 1. The average molecular weight is 340 g/mol. The van der Waals surface area contributed by atoms with Gasteiger partial charge in [-0.05, 0) is 22.0 Å². The molecule has 0 spiro atoms. The maximum atomic E-state index is 5.82. The van der Waals surface area contributed by atoms with E-state index >= 15 is 0 Å². The Morgan fingerprint density at radius 3 is 2.80 bits per heavy atom. The van der Waals surface area contributed by atoms with Crippen molar-refractivity contribution < 1.29 is 9.15 Å². The molecule has 0 fully saturated rings. The molecule has 0 saturated heterocycles. The van der Waals surface area contributed by atoms with Crippen molar-refractivity contribution in [3.63, 3.8) is 0 Å². The van der Waals surface area contributed by atoms with Gasteiger partial charge >= 0.3 is 0 Å². The summed E-state index contributed by atoms with van der Waals surface area (Å²) in [7, 11) is 0. The quantitative estimate of drug-likeness (QED) is 0.875. The molecule has 0 radical (unpaired) electrons. The number of hydrogen-bond donors (Lipinski definition) is 1. The van der Waals surface area contributed by atoms with Crippen LogP contribution >= 0.6 is 15.9 Å². The lowest BCUT2D eigenvalue weighted by molar-refractivity contribution is 0.256. The van der Waals surface area contributed by atoms with Gasteiger partial charge in [0.25, 0.3) is 5.89 Å². The Kier molecular flexibility index (Phi) is 5.14. The molecular weight excluding hydrogens is 322 g/mol. The second-order valence-electron chi connectivity index (χ2n) is 4.77. The number of aromatic nitrogens is 2. The van der Waals surface area contributed by atoms with E-state index in [0.717, 1.165) is 22.3 Å². The molecule has 1 heterocycles. The van der Waals surface area contributed by atoms with E-state index in [1.54, 1.807) is 6.92 Å². The van der Waals surface area contributed by atoms with E-state index in [1.807, 2.05) is 18.2 Å². The van der Waals surface area contributed by atoms with Gasteiger partial charge in [0.2, 0.25) is 5.89 Å². The third-order valence-electron chi connectivity index (χ3n) is 2.66. The lowest BCUT2D eigenvalue weighted by Gasteiger charge is -2.14. The van der Waals surface area contributed by atoms with Crippen LogP contribution in [0.1, 0.15) is 31.2 Å². The van der Waals surface area contributed by atoms with Gasteiger partial charge in [-0.3, -0.25) is 0 Å². The smallest absolute Gasteiger partial charge is 0.253 e.